The van der Waals surface area contributed by atoms with E-state index in [0.29, 0.717) is 13.0 Å². The van der Waals surface area contributed by atoms with E-state index < -0.39 is 51.2 Å². The van der Waals surface area contributed by atoms with E-state index >= 15 is 4.39 Å². The van der Waals surface area contributed by atoms with Crippen molar-refractivity contribution in [2.24, 2.45) is 5.92 Å². The number of carbonyl (C=O) groups excluding carboxylic acids is 1. The van der Waals surface area contributed by atoms with Crippen LogP contribution in [0.2, 0.25) is 0 Å². The minimum Gasteiger partial charge on any atom is -0.383 e. The molecule has 1 unspecified atom stereocenters. The van der Waals surface area contributed by atoms with Gasteiger partial charge in [0.15, 0.2) is 0 Å². The highest BCUT2D eigenvalue weighted by molar-refractivity contribution is 7.88. The highest BCUT2D eigenvalue weighted by atomic mass is 32.2. The summed E-state index contributed by atoms with van der Waals surface area (Å²) in [5, 5.41) is 0. The fraction of sp³-hybridized carbons (Fsp3) is 0.435. The molecule has 1 heterocycles. The number of ether oxygens (including phenoxy) is 1. The van der Waals surface area contributed by atoms with Gasteiger partial charge in [0.2, 0.25) is 15.9 Å². The Balaban J connectivity index is 1.58. The summed E-state index contributed by atoms with van der Waals surface area (Å²) in [6.07, 6.45) is 1.45. The molecule has 0 radical (unpaired) electrons. The molecule has 1 amide bonds. The van der Waals surface area contributed by atoms with Crippen LogP contribution in [-0.4, -0.2) is 57.8 Å². The number of nitrogens with zero attached hydrogens (tertiary/aromatic N) is 1. The van der Waals surface area contributed by atoms with Crippen LogP contribution in [0, 0.1) is 17.6 Å². The van der Waals surface area contributed by atoms with Gasteiger partial charge in [0.25, 0.3) is 0 Å². The molecule has 10 heteroatoms. The van der Waals surface area contributed by atoms with Gasteiger partial charge < -0.3 is 9.64 Å². The van der Waals surface area contributed by atoms with Crippen LogP contribution < -0.4 is 4.72 Å². The number of hydrogen-bond acceptors (Lipinski definition) is 4. The van der Waals surface area contributed by atoms with E-state index in [1.165, 1.54) is 30.2 Å². The summed E-state index contributed by atoms with van der Waals surface area (Å²) >= 11 is 0. The average Bonchev–Trinajstić information content (AvgIpc) is 3.39. The molecule has 4 atom stereocenters. The number of hydrogen-bond donors (Lipinski definition) is 1. The number of carbonyl (C=O) groups is 1. The maximum absolute atomic E-state index is 16.0. The van der Waals surface area contributed by atoms with E-state index in [-0.39, 0.29) is 29.7 Å². The number of methoxy groups -OCH3 is 1. The Labute approximate surface area is 190 Å². The summed E-state index contributed by atoms with van der Waals surface area (Å²) in [5.41, 5.74) is -2.26. The van der Waals surface area contributed by atoms with E-state index in [4.69, 9.17) is 4.74 Å². The van der Waals surface area contributed by atoms with Crippen molar-refractivity contribution in [2.45, 2.75) is 30.6 Å². The van der Waals surface area contributed by atoms with Crippen LogP contribution in [0.3, 0.4) is 0 Å². The Morgan fingerprint density at radius 3 is 2.45 bits per heavy atom. The Kier molecular flexibility index (Phi) is 6.28. The zero-order valence-electron chi connectivity index (χ0n) is 18.2. The first kappa shape index (κ1) is 23.7. The van der Waals surface area contributed by atoms with Crippen LogP contribution >= 0.6 is 0 Å². The standard InChI is InChI=1S/C23H25F3N2O4S/c1-32-13-19(27-33(2,30)31)20-10-11-28(20)22(29)16-12-23(16,26)15-7-4-3-6-14(15)21-17(24)8-5-9-18(21)25/h3-9,16,19-20,27H,10-13H2,1-2H3/t16-,19-,20?,23+/m0/s1. The SMILES string of the molecule is COC[C@H](NS(C)(=O)=O)C1CCN1C(=O)[C@@H]1C[C@@]1(F)c1ccccc1-c1c(F)cccc1F. The minimum absolute atomic E-state index is 0.0579. The summed E-state index contributed by atoms with van der Waals surface area (Å²) in [6, 6.07) is 8.33. The summed E-state index contributed by atoms with van der Waals surface area (Å²) in [6.45, 7) is 0.424. The third-order valence-corrected chi connectivity index (χ3v) is 7.05. The number of benzene rings is 2. The first-order chi connectivity index (χ1) is 15.6. The Morgan fingerprint density at radius 1 is 1.21 bits per heavy atom. The molecule has 33 heavy (non-hydrogen) atoms. The fourth-order valence-corrected chi connectivity index (χ4v) is 5.39. The highest BCUT2D eigenvalue weighted by Crippen LogP contribution is 2.59. The molecule has 0 bridgehead atoms. The van der Waals surface area contributed by atoms with E-state index in [9.17, 15) is 22.0 Å². The predicted molar refractivity (Wildman–Crippen MR) is 116 cm³/mol. The summed E-state index contributed by atoms with van der Waals surface area (Å²) < 4.78 is 75.8. The molecule has 1 saturated heterocycles. The number of amides is 1. The van der Waals surface area contributed by atoms with Gasteiger partial charge in [0.05, 0.1) is 36.4 Å². The first-order valence-electron chi connectivity index (χ1n) is 10.6. The van der Waals surface area contributed by atoms with Crippen molar-refractivity contribution in [3.8, 4) is 11.1 Å². The van der Waals surface area contributed by atoms with E-state index in [2.05, 4.69) is 4.72 Å². The predicted octanol–water partition coefficient (Wildman–Crippen LogP) is 2.98. The van der Waals surface area contributed by atoms with E-state index in [0.717, 1.165) is 18.4 Å². The number of rotatable bonds is 8. The van der Waals surface area contributed by atoms with Gasteiger partial charge in [0.1, 0.15) is 17.3 Å². The van der Waals surface area contributed by atoms with Gasteiger partial charge in [0, 0.05) is 20.1 Å². The van der Waals surface area contributed by atoms with Gasteiger partial charge in [-0.3, -0.25) is 4.79 Å². The van der Waals surface area contributed by atoms with Crippen molar-refractivity contribution >= 4 is 15.9 Å². The monoisotopic (exact) mass is 482 g/mol. The second-order valence-corrected chi connectivity index (χ2v) is 10.4. The van der Waals surface area contributed by atoms with Crippen LogP contribution in [0.15, 0.2) is 42.5 Å². The van der Waals surface area contributed by atoms with Crippen molar-refractivity contribution in [3.63, 3.8) is 0 Å². The van der Waals surface area contributed by atoms with Gasteiger partial charge in [-0.2, -0.15) is 0 Å². The summed E-state index contributed by atoms with van der Waals surface area (Å²) in [7, 11) is -2.12. The van der Waals surface area contributed by atoms with Gasteiger partial charge in [-0.15, -0.1) is 0 Å². The molecule has 1 N–H and O–H groups in total. The Bertz CT molecular complexity index is 1160. The number of likely N-dealkylation sites (tertiary alicyclic amines) is 1. The second kappa shape index (κ2) is 8.73. The van der Waals surface area contributed by atoms with Gasteiger partial charge in [-0.1, -0.05) is 30.3 Å². The van der Waals surface area contributed by atoms with Crippen LogP contribution in [0.1, 0.15) is 18.4 Å². The fourth-order valence-electron chi connectivity index (χ4n) is 4.62. The lowest BCUT2D eigenvalue weighted by molar-refractivity contribution is -0.143. The molecule has 2 aromatic rings. The number of nitrogens with one attached hydrogen (secondary N) is 1. The normalized spacial score (nSPS) is 25.4. The zero-order chi connectivity index (χ0) is 24.0. The molecular formula is C23H25F3N2O4S. The first-order valence-corrected chi connectivity index (χ1v) is 12.5. The Morgan fingerprint density at radius 2 is 1.88 bits per heavy atom. The highest BCUT2D eigenvalue weighted by Gasteiger charge is 2.63. The lowest BCUT2D eigenvalue weighted by Gasteiger charge is -2.45. The molecular weight excluding hydrogens is 457 g/mol. The molecule has 2 aliphatic rings. The largest absolute Gasteiger partial charge is 0.383 e. The van der Waals surface area contributed by atoms with Crippen LogP contribution in [0.5, 0.6) is 0 Å². The number of sulfonamides is 1. The molecule has 1 saturated carbocycles. The third kappa shape index (κ3) is 4.51. The summed E-state index contributed by atoms with van der Waals surface area (Å²) in [4.78, 5) is 14.6. The molecule has 178 valence electrons. The molecule has 1 aliphatic carbocycles. The third-order valence-electron chi connectivity index (χ3n) is 6.32. The average molecular weight is 483 g/mol. The van der Waals surface area contributed by atoms with Crippen molar-refractivity contribution in [1.82, 2.24) is 9.62 Å². The Hall–Kier alpha value is -2.43. The minimum atomic E-state index is -3.54. The van der Waals surface area contributed by atoms with Crippen LogP contribution in [0.4, 0.5) is 13.2 Å². The van der Waals surface area contributed by atoms with Gasteiger partial charge >= 0.3 is 0 Å². The molecule has 1 aliphatic heterocycles. The molecule has 0 spiro atoms. The van der Waals surface area contributed by atoms with E-state index in [1.54, 1.807) is 12.1 Å². The number of alkyl halides is 1. The van der Waals surface area contributed by atoms with Gasteiger partial charge in [-0.05, 0) is 29.7 Å². The van der Waals surface area contributed by atoms with Crippen LogP contribution in [0.25, 0.3) is 11.1 Å². The quantitative estimate of drug-likeness (QED) is 0.628. The summed E-state index contributed by atoms with van der Waals surface area (Å²) in [5.74, 6) is -3.09. The molecule has 4 rings (SSSR count). The molecule has 2 aromatic carbocycles. The van der Waals surface area contributed by atoms with Crippen molar-refractivity contribution in [2.75, 3.05) is 26.5 Å². The van der Waals surface area contributed by atoms with Crippen molar-refractivity contribution in [3.05, 3.63) is 59.7 Å². The maximum atomic E-state index is 16.0. The van der Waals surface area contributed by atoms with Crippen molar-refractivity contribution < 1.29 is 31.1 Å². The van der Waals surface area contributed by atoms with Crippen molar-refractivity contribution in [1.29, 1.82) is 0 Å². The maximum Gasteiger partial charge on any atom is 0.229 e. The molecule has 6 nitrogen and oxygen atoms in total. The van der Waals surface area contributed by atoms with Gasteiger partial charge in [-0.25, -0.2) is 26.3 Å². The number of halogens is 3. The lowest BCUT2D eigenvalue weighted by atomic mass is 9.92. The molecule has 2 fully saturated rings. The topological polar surface area (TPSA) is 75.7 Å². The smallest absolute Gasteiger partial charge is 0.229 e. The molecule has 0 aromatic heterocycles. The van der Waals surface area contributed by atoms with E-state index in [1.807, 2.05) is 0 Å². The lowest BCUT2D eigenvalue weighted by Crippen LogP contribution is -2.62. The van der Waals surface area contributed by atoms with Crippen LogP contribution in [-0.2, 0) is 25.2 Å². The second-order valence-electron chi connectivity index (χ2n) is 8.60. The zero-order valence-corrected chi connectivity index (χ0v) is 19.0.